The molecular formula is C12H15NO5. The summed E-state index contributed by atoms with van der Waals surface area (Å²) in [5.41, 5.74) is -0.433. The number of nitrogens with zero attached hydrogens (tertiary/aromatic N) is 1. The molecule has 0 aromatic heterocycles. The Morgan fingerprint density at radius 2 is 1.83 bits per heavy atom. The molecule has 0 bridgehead atoms. The predicted molar refractivity (Wildman–Crippen MR) is 59.9 cm³/mol. The fraction of sp³-hybridized carbons (Fsp3) is 0.583. The molecule has 0 aromatic carbocycles. The normalized spacial score (nSPS) is 21.7. The van der Waals surface area contributed by atoms with E-state index in [9.17, 15) is 14.4 Å². The maximum absolute atomic E-state index is 11.6. The molecule has 1 saturated carbocycles. The molecule has 1 aliphatic carbocycles. The maximum atomic E-state index is 11.6. The van der Waals surface area contributed by atoms with Crippen LogP contribution in [0.15, 0.2) is 12.2 Å². The van der Waals surface area contributed by atoms with Crippen molar-refractivity contribution in [1.82, 2.24) is 5.06 Å². The first-order valence-corrected chi connectivity index (χ1v) is 5.91. The van der Waals surface area contributed by atoms with Crippen LogP contribution in [0.5, 0.6) is 0 Å². The zero-order valence-corrected chi connectivity index (χ0v) is 10.2. The Labute approximate surface area is 104 Å². The van der Waals surface area contributed by atoms with Crippen molar-refractivity contribution in [2.45, 2.75) is 38.2 Å². The Morgan fingerprint density at radius 1 is 1.28 bits per heavy atom. The van der Waals surface area contributed by atoms with Gasteiger partial charge in [-0.1, -0.05) is 0 Å². The Balaban J connectivity index is 1.78. The molecular weight excluding hydrogens is 238 g/mol. The van der Waals surface area contributed by atoms with Crippen LogP contribution in [-0.2, 0) is 24.0 Å². The van der Waals surface area contributed by atoms with Gasteiger partial charge in [0.05, 0.1) is 0 Å². The predicted octanol–water partition coefficient (Wildman–Crippen LogP) is 0.719. The van der Waals surface area contributed by atoms with Gasteiger partial charge in [-0.3, -0.25) is 14.4 Å². The van der Waals surface area contributed by atoms with Crippen LogP contribution >= 0.6 is 0 Å². The van der Waals surface area contributed by atoms with Gasteiger partial charge < -0.3 is 4.74 Å². The van der Waals surface area contributed by atoms with Crippen LogP contribution in [0.4, 0.5) is 0 Å². The average molecular weight is 253 g/mol. The standard InChI is InChI=1S/C12H15NO5/c1-12(6-2-3-7-12)18-11(16)8-17-13-9(14)4-5-10(13)15/h4-5H,2-3,6-8H2,1H3. The summed E-state index contributed by atoms with van der Waals surface area (Å²) in [5.74, 6) is -1.73. The second kappa shape index (κ2) is 4.89. The van der Waals surface area contributed by atoms with E-state index in [0.717, 1.165) is 37.8 Å². The molecule has 0 saturated heterocycles. The first-order valence-electron chi connectivity index (χ1n) is 5.91. The number of imide groups is 1. The summed E-state index contributed by atoms with van der Waals surface area (Å²) in [6.07, 6.45) is 5.93. The number of ether oxygens (including phenoxy) is 1. The van der Waals surface area contributed by atoms with E-state index < -0.39 is 30.0 Å². The third kappa shape index (κ3) is 2.76. The van der Waals surface area contributed by atoms with Gasteiger partial charge in [0, 0.05) is 12.2 Å². The summed E-state index contributed by atoms with van der Waals surface area (Å²) in [7, 11) is 0. The number of hydrogen-bond acceptors (Lipinski definition) is 5. The van der Waals surface area contributed by atoms with Crippen molar-refractivity contribution in [2.24, 2.45) is 0 Å². The Hall–Kier alpha value is -1.69. The van der Waals surface area contributed by atoms with Crippen LogP contribution in [-0.4, -0.2) is 35.1 Å². The van der Waals surface area contributed by atoms with Gasteiger partial charge in [0.2, 0.25) is 0 Å². The van der Waals surface area contributed by atoms with Crippen molar-refractivity contribution < 1.29 is 24.0 Å². The highest BCUT2D eigenvalue weighted by molar-refractivity contribution is 6.11. The van der Waals surface area contributed by atoms with Gasteiger partial charge in [-0.15, -0.1) is 5.06 Å². The Bertz CT molecular complexity index is 391. The van der Waals surface area contributed by atoms with Crippen molar-refractivity contribution >= 4 is 17.8 Å². The van der Waals surface area contributed by atoms with E-state index in [2.05, 4.69) is 0 Å². The molecule has 0 N–H and O–H groups in total. The van der Waals surface area contributed by atoms with E-state index in [1.54, 1.807) is 0 Å². The van der Waals surface area contributed by atoms with Crippen LogP contribution in [0.3, 0.4) is 0 Å². The molecule has 0 radical (unpaired) electrons. The third-order valence-corrected chi connectivity index (χ3v) is 3.10. The first-order chi connectivity index (χ1) is 8.50. The second-order valence-corrected chi connectivity index (χ2v) is 4.71. The third-order valence-electron chi connectivity index (χ3n) is 3.10. The summed E-state index contributed by atoms with van der Waals surface area (Å²) in [4.78, 5) is 38.7. The molecule has 2 aliphatic rings. The molecule has 0 aromatic rings. The monoisotopic (exact) mass is 253 g/mol. The number of rotatable bonds is 4. The minimum Gasteiger partial charge on any atom is -0.458 e. The average Bonchev–Trinajstić information content (AvgIpc) is 2.85. The second-order valence-electron chi connectivity index (χ2n) is 4.71. The van der Waals surface area contributed by atoms with Crippen LogP contribution in [0.2, 0.25) is 0 Å². The number of carbonyl (C=O) groups is 3. The zero-order valence-electron chi connectivity index (χ0n) is 10.2. The number of hydroxylamine groups is 2. The molecule has 98 valence electrons. The molecule has 1 fully saturated rings. The summed E-state index contributed by atoms with van der Waals surface area (Å²) in [5, 5.41) is 0.554. The quantitative estimate of drug-likeness (QED) is 0.545. The summed E-state index contributed by atoms with van der Waals surface area (Å²) >= 11 is 0. The highest BCUT2D eigenvalue weighted by Crippen LogP contribution is 2.32. The van der Waals surface area contributed by atoms with E-state index in [-0.39, 0.29) is 0 Å². The number of carbonyl (C=O) groups excluding carboxylic acids is 3. The minimum atomic E-state index is -0.583. The lowest BCUT2D eigenvalue weighted by Gasteiger charge is -2.24. The van der Waals surface area contributed by atoms with Gasteiger partial charge >= 0.3 is 5.97 Å². The fourth-order valence-corrected chi connectivity index (χ4v) is 2.16. The van der Waals surface area contributed by atoms with Crippen molar-refractivity contribution in [2.75, 3.05) is 6.61 Å². The van der Waals surface area contributed by atoms with E-state index in [1.807, 2.05) is 6.92 Å². The van der Waals surface area contributed by atoms with Gasteiger partial charge in [-0.25, -0.2) is 4.79 Å². The lowest BCUT2D eigenvalue weighted by atomic mass is 10.1. The molecule has 6 nitrogen and oxygen atoms in total. The van der Waals surface area contributed by atoms with Crippen LogP contribution < -0.4 is 0 Å². The number of amides is 2. The topological polar surface area (TPSA) is 72.9 Å². The molecule has 0 unspecified atom stereocenters. The van der Waals surface area contributed by atoms with Crippen molar-refractivity contribution in [3.8, 4) is 0 Å². The smallest absolute Gasteiger partial charge is 0.335 e. The molecule has 2 amide bonds. The van der Waals surface area contributed by atoms with E-state index >= 15 is 0 Å². The van der Waals surface area contributed by atoms with Crippen LogP contribution in [0.25, 0.3) is 0 Å². The van der Waals surface area contributed by atoms with Crippen molar-refractivity contribution in [3.63, 3.8) is 0 Å². The van der Waals surface area contributed by atoms with Crippen molar-refractivity contribution in [1.29, 1.82) is 0 Å². The minimum absolute atomic E-state index is 0.433. The van der Waals surface area contributed by atoms with Gasteiger partial charge in [-0.2, -0.15) is 0 Å². The SMILES string of the molecule is CC1(OC(=O)CON2C(=O)C=CC2=O)CCCC1. The van der Waals surface area contributed by atoms with E-state index in [4.69, 9.17) is 9.57 Å². The Morgan fingerprint density at radius 3 is 2.39 bits per heavy atom. The molecule has 6 heteroatoms. The highest BCUT2D eigenvalue weighted by atomic mass is 16.7. The molecule has 18 heavy (non-hydrogen) atoms. The van der Waals surface area contributed by atoms with Gasteiger partial charge in [0.1, 0.15) is 5.60 Å². The number of esters is 1. The molecule has 0 spiro atoms. The van der Waals surface area contributed by atoms with E-state index in [0.29, 0.717) is 5.06 Å². The van der Waals surface area contributed by atoms with Gasteiger partial charge in [0.25, 0.3) is 11.8 Å². The zero-order chi connectivity index (χ0) is 13.2. The van der Waals surface area contributed by atoms with Gasteiger partial charge in [0.15, 0.2) is 6.61 Å². The lowest BCUT2D eigenvalue weighted by molar-refractivity contribution is -0.196. The van der Waals surface area contributed by atoms with Gasteiger partial charge in [-0.05, 0) is 32.6 Å². The summed E-state index contributed by atoms with van der Waals surface area (Å²) < 4.78 is 5.30. The molecule has 1 heterocycles. The highest BCUT2D eigenvalue weighted by Gasteiger charge is 2.33. The maximum Gasteiger partial charge on any atom is 0.335 e. The number of hydrogen-bond donors (Lipinski definition) is 0. The molecule has 0 atom stereocenters. The van der Waals surface area contributed by atoms with Crippen LogP contribution in [0.1, 0.15) is 32.6 Å². The van der Waals surface area contributed by atoms with Crippen LogP contribution in [0, 0.1) is 0 Å². The van der Waals surface area contributed by atoms with E-state index in [1.165, 1.54) is 0 Å². The fourth-order valence-electron chi connectivity index (χ4n) is 2.16. The van der Waals surface area contributed by atoms with Crippen molar-refractivity contribution in [3.05, 3.63) is 12.2 Å². The largest absolute Gasteiger partial charge is 0.458 e. The summed E-state index contributed by atoms with van der Waals surface area (Å²) in [6, 6.07) is 0. The lowest BCUT2D eigenvalue weighted by Crippen LogP contribution is -2.35. The molecule has 1 aliphatic heterocycles. The molecule has 2 rings (SSSR count). The summed E-state index contributed by atoms with van der Waals surface area (Å²) in [6.45, 7) is 1.44. The first kappa shape index (κ1) is 12.8. The Kier molecular flexibility index (Phi) is 3.47.